The Balaban J connectivity index is 1.95. The van der Waals surface area contributed by atoms with E-state index in [1.807, 2.05) is 0 Å². The van der Waals surface area contributed by atoms with Gasteiger partial charge < -0.3 is 5.11 Å². The maximum absolute atomic E-state index is 13.2. The SMILES string of the molecule is CN(c1c2c(c(O)c3ncccc13)C(=O)N(Cc1ccc(F)cc1)C2=O)S(C)(=O)=O. The molecule has 154 valence electrons. The number of anilines is 1. The number of carbonyl (C=O) groups is 2. The van der Waals surface area contributed by atoms with Crippen molar-refractivity contribution in [2.75, 3.05) is 17.6 Å². The van der Waals surface area contributed by atoms with Gasteiger partial charge >= 0.3 is 0 Å². The van der Waals surface area contributed by atoms with Crippen molar-refractivity contribution in [3.05, 3.63) is 65.1 Å². The summed E-state index contributed by atoms with van der Waals surface area (Å²) < 4.78 is 38.6. The van der Waals surface area contributed by atoms with Crippen LogP contribution in [0.15, 0.2) is 42.6 Å². The number of pyridine rings is 1. The van der Waals surface area contributed by atoms with E-state index in [0.29, 0.717) is 5.56 Å². The molecule has 0 aliphatic carbocycles. The Bertz CT molecular complexity index is 1320. The third-order valence-electron chi connectivity index (χ3n) is 5.00. The van der Waals surface area contributed by atoms with Crippen molar-refractivity contribution < 1.29 is 27.5 Å². The van der Waals surface area contributed by atoms with Crippen LogP contribution in [-0.2, 0) is 16.6 Å². The van der Waals surface area contributed by atoms with Gasteiger partial charge in [0.05, 0.1) is 29.6 Å². The minimum Gasteiger partial charge on any atom is -0.505 e. The number of sulfonamides is 1. The van der Waals surface area contributed by atoms with Crippen LogP contribution in [0.3, 0.4) is 0 Å². The zero-order valence-corrected chi connectivity index (χ0v) is 16.8. The molecule has 8 nitrogen and oxygen atoms in total. The van der Waals surface area contributed by atoms with Gasteiger partial charge in [-0.15, -0.1) is 0 Å². The Morgan fingerprint density at radius 3 is 2.37 bits per heavy atom. The first-order chi connectivity index (χ1) is 14.1. The standard InChI is InChI=1S/C20H16FN3O5S/c1-23(30(2,28)29)17-13-4-3-9-22-16(13)18(25)15-14(17)19(26)24(20(15)27)10-11-5-7-12(21)8-6-11/h3-9,25H,10H2,1-2H3. The van der Waals surface area contributed by atoms with Crippen LogP contribution < -0.4 is 4.31 Å². The molecule has 0 unspecified atom stereocenters. The van der Waals surface area contributed by atoms with Crippen molar-refractivity contribution in [1.82, 2.24) is 9.88 Å². The lowest BCUT2D eigenvalue weighted by molar-refractivity contribution is 0.0642. The molecule has 0 radical (unpaired) electrons. The molecule has 0 saturated heterocycles. The summed E-state index contributed by atoms with van der Waals surface area (Å²) in [5.41, 5.74) is -0.0576. The molecule has 2 amide bonds. The van der Waals surface area contributed by atoms with Gasteiger partial charge in [0, 0.05) is 18.6 Å². The van der Waals surface area contributed by atoms with E-state index in [-0.39, 0.29) is 34.3 Å². The number of carbonyl (C=O) groups excluding carboxylic acids is 2. The second-order valence-electron chi connectivity index (χ2n) is 6.90. The molecule has 1 N–H and O–H groups in total. The van der Waals surface area contributed by atoms with Gasteiger partial charge in [-0.05, 0) is 29.8 Å². The van der Waals surface area contributed by atoms with Crippen LogP contribution in [0.4, 0.5) is 10.1 Å². The van der Waals surface area contributed by atoms with Crippen molar-refractivity contribution >= 4 is 38.4 Å². The number of aromatic hydroxyl groups is 1. The number of nitrogens with zero attached hydrogens (tertiary/aromatic N) is 3. The van der Waals surface area contributed by atoms with Gasteiger partial charge in [0.25, 0.3) is 11.8 Å². The van der Waals surface area contributed by atoms with E-state index in [1.54, 1.807) is 0 Å². The summed E-state index contributed by atoms with van der Waals surface area (Å²) in [5.74, 6) is -2.50. The molecule has 0 spiro atoms. The van der Waals surface area contributed by atoms with E-state index >= 15 is 0 Å². The fourth-order valence-corrected chi connectivity index (χ4v) is 3.98. The second-order valence-corrected chi connectivity index (χ2v) is 8.91. The minimum absolute atomic E-state index is 0.00605. The molecule has 4 rings (SSSR count). The van der Waals surface area contributed by atoms with Gasteiger partial charge in [-0.25, -0.2) is 12.8 Å². The van der Waals surface area contributed by atoms with Crippen LogP contribution >= 0.6 is 0 Å². The third-order valence-corrected chi connectivity index (χ3v) is 6.17. The molecular formula is C20H16FN3O5S. The average Bonchev–Trinajstić information content (AvgIpc) is 2.94. The number of fused-ring (bicyclic) bond motifs is 2. The lowest BCUT2D eigenvalue weighted by Gasteiger charge is -2.21. The number of halogens is 1. The summed E-state index contributed by atoms with van der Waals surface area (Å²) in [6.07, 6.45) is 2.35. The highest BCUT2D eigenvalue weighted by Gasteiger charge is 2.43. The summed E-state index contributed by atoms with van der Waals surface area (Å²) >= 11 is 0. The number of hydrogen-bond acceptors (Lipinski definition) is 6. The Hall–Kier alpha value is -3.53. The minimum atomic E-state index is -3.80. The van der Waals surface area contributed by atoms with E-state index in [0.717, 1.165) is 15.5 Å². The predicted octanol–water partition coefficient (Wildman–Crippen LogP) is 2.27. The number of amides is 2. The molecule has 1 aliphatic heterocycles. The largest absolute Gasteiger partial charge is 0.505 e. The van der Waals surface area contributed by atoms with E-state index in [1.165, 1.54) is 49.6 Å². The molecule has 2 heterocycles. The lowest BCUT2D eigenvalue weighted by Crippen LogP contribution is -2.30. The van der Waals surface area contributed by atoms with Crippen molar-refractivity contribution in [3.8, 4) is 5.75 Å². The first-order valence-electron chi connectivity index (χ1n) is 8.79. The van der Waals surface area contributed by atoms with Gasteiger partial charge in [-0.2, -0.15) is 0 Å². The molecule has 3 aromatic rings. The van der Waals surface area contributed by atoms with Crippen molar-refractivity contribution in [2.45, 2.75) is 6.54 Å². The van der Waals surface area contributed by atoms with Crippen LogP contribution in [0.5, 0.6) is 5.75 Å². The van der Waals surface area contributed by atoms with Crippen LogP contribution in [0, 0.1) is 5.82 Å². The van der Waals surface area contributed by atoms with E-state index < -0.39 is 33.4 Å². The van der Waals surface area contributed by atoms with Gasteiger partial charge in [-0.1, -0.05) is 12.1 Å². The molecule has 10 heteroatoms. The normalized spacial score (nSPS) is 13.8. The van der Waals surface area contributed by atoms with Gasteiger partial charge in [0.1, 0.15) is 11.3 Å². The topological polar surface area (TPSA) is 108 Å². The monoisotopic (exact) mass is 429 g/mol. The molecule has 1 aliphatic rings. The third kappa shape index (κ3) is 2.96. The molecular weight excluding hydrogens is 413 g/mol. The summed E-state index contributed by atoms with van der Waals surface area (Å²) in [6, 6.07) is 8.31. The number of imide groups is 1. The Kier molecular flexibility index (Phi) is 4.46. The Labute approximate surface area is 171 Å². The molecule has 2 aromatic carbocycles. The van der Waals surface area contributed by atoms with Crippen molar-refractivity contribution in [2.24, 2.45) is 0 Å². The number of aromatic nitrogens is 1. The Morgan fingerprint density at radius 2 is 1.73 bits per heavy atom. The maximum atomic E-state index is 13.2. The summed E-state index contributed by atoms with van der Waals surface area (Å²) in [6.45, 7) is -0.169. The lowest BCUT2D eigenvalue weighted by atomic mass is 10.0. The van der Waals surface area contributed by atoms with Gasteiger partial charge in [-0.3, -0.25) is 23.8 Å². The molecule has 30 heavy (non-hydrogen) atoms. The van der Waals surface area contributed by atoms with Crippen LogP contribution in [-0.4, -0.2) is 48.5 Å². The van der Waals surface area contributed by atoms with Crippen LogP contribution in [0.2, 0.25) is 0 Å². The predicted molar refractivity (Wildman–Crippen MR) is 107 cm³/mol. The van der Waals surface area contributed by atoms with Gasteiger partial charge in [0.15, 0.2) is 5.75 Å². The zero-order valence-electron chi connectivity index (χ0n) is 16.0. The quantitative estimate of drug-likeness (QED) is 0.638. The number of rotatable bonds is 4. The highest BCUT2D eigenvalue weighted by atomic mass is 32.2. The maximum Gasteiger partial charge on any atom is 0.265 e. The summed E-state index contributed by atoms with van der Waals surface area (Å²) in [5, 5.41) is 10.9. The van der Waals surface area contributed by atoms with Crippen LogP contribution in [0.25, 0.3) is 10.9 Å². The fourth-order valence-electron chi connectivity index (χ4n) is 3.46. The average molecular weight is 429 g/mol. The number of phenols is 1. The van der Waals surface area contributed by atoms with Crippen LogP contribution in [0.1, 0.15) is 26.3 Å². The molecule has 1 aromatic heterocycles. The van der Waals surface area contributed by atoms with Crippen molar-refractivity contribution in [1.29, 1.82) is 0 Å². The smallest absolute Gasteiger partial charge is 0.265 e. The number of benzene rings is 2. The fraction of sp³-hybridized carbons (Fsp3) is 0.150. The summed E-state index contributed by atoms with van der Waals surface area (Å²) in [4.78, 5) is 31.2. The van der Waals surface area contributed by atoms with E-state index in [4.69, 9.17) is 0 Å². The zero-order chi connectivity index (χ0) is 21.8. The van der Waals surface area contributed by atoms with E-state index in [9.17, 15) is 27.5 Å². The molecule has 0 bridgehead atoms. The Morgan fingerprint density at radius 1 is 1.10 bits per heavy atom. The first-order valence-corrected chi connectivity index (χ1v) is 10.6. The van der Waals surface area contributed by atoms with Crippen molar-refractivity contribution in [3.63, 3.8) is 0 Å². The molecule has 0 saturated carbocycles. The second kappa shape index (κ2) is 6.77. The molecule has 0 atom stereocenters. The molecule has 0 fully saturated rings. The first kappa shape index (κ1) is 19.8. The summed E-state index contributed by atoms with van der Waals surface area (Å²) in [7, 11) is -2.54. The van der Waals surface area contributed by atoms with E-state index in [2.05, 4.69) is 4.98 Å². The highest BCUT2D eigenvalue weighted by molar-refractivity contribution is 7.92. The number of hydrogen-bond donors (Lipinski definition) is 1. The number of phenolic OH excluding ortho intramolecular Hbond substituents is 1. The highest BCUT2D eigenvalue weighted by Crippen LogP contribution is 2.44. The van der Waals surface area contributed by atoms with Gasteiger partial charge in [0.2, 0.25) is 10.0 Å².